The van der Waals surface area contributed by atoms with Gasteiger partial charge in [-0.15, -0.1) is 0 Å². The second-order valence-corrected chi connectivity index (χ2v) is 5.51. The summed E-state index contributed by atoms with van der Waals surface area (Å²) in [7, 11) is 0. The lowest BCUT2D eigenvalue weighted by atomic mass is 10.1. The Morgan fingerprint density at radius 1 is 1.14 bits per heavy atom. The molecule has 6 heteroatoms. The van der Waals surface area contributed by atoms with E-state index >= 15 is 0 Å². The van der Waals surface area contributed by atoms with Crippen molar-refractivity contribution >= 4 is 33.9 Å². The third-order valence-electron chi connectivity index (χ3n) is 3.02. The summed E-state index contributed by atoms with van der Waals surface area (Å²) in [6.45, 7) is 2.01. The molecule has 21 heavy (non-hydrogen) atoms. The minimum Gasteiger partial charge on any atom is -0.457 e. The number of hydrogen-bond donors (Lipinski definition) is 2. The molecule has 2 N–H and O–H groups in total. The Bertz CT molecular complexity index is 777. The van der Waals surface area contributed by atoms with Gasteiger partial charge in [-0.05, 0) is 36.8 Å². The molecule has 3 rings (SSSR count). The summed E-state index contributed by atoms with van der Waals surface area (Å²) in [5.74, 6) is 0.706. The molecule has 0 saturated carbocycles. The second kappa shape index (κ2) is 5.21. The number of benzene rings is 1. The van der Waals surface area contributed by atoms with Crippen LogP contribution in [0.5, 0.6) is 0 Å². The smallest absolute Gasteiger partial charge is 0.326 e. The molecule has 1 aromatic carbocycles. The van der Waals surface area contributed by atoms with Crippen LogP contribution < -0.4 is 10.6 Å². The summed E-state index contributed by atoms with van der Waals surface area (Å²) in [6, 6.07) is 8.98. The van der Waals surface area contributed by atoms with E-state index in [1.165, 1.54) is 6.08 Å². The van der Waals surface area contributed by atoms with Crippen molar-refractivity contribution in [2.24, 2.45) is 0 Å². The number of aryl methyl sites for hydroxylation is 1. The van der Waals surface area contributed by atoms with Crippen LogP contribution in [0.4, 0.5) is 4.79 Å². The first-order valence-corrected chi connectivity index (χ1v) is 7.02. The summed E-state index contributed by atoms with van der Waals surface area (Å²) < 4.78 is 6.63. The first kappa shape index (κ1) is 13.6. The molecule has 0 unspecified atom stereocenters. The van der Waals surface area contributed by atoms with Gasteiger partial charge in [0.1, 0.15) is 17.2 Å². The molecule has 2 heterocycles. The van der Waals surface area contributed by atoms with Gasteiger partial charge in [-0.1, -0.05) is 22.0 Å². The van der Waals surface area contributed by atoms with Crippen molar-refractivity contribution in [1.29, 1.82) is 0 Å². The number of imide groups is 1. The number of furan rings is 1. The average Bonchev–Trinajstić information content (AvgIpc) is 2.97. The van der Waals surface area contributed by atoms with Crippen LogP contribution >= 0.6 is 15.9 Å². The normalized spacial score (nSPS) is 16.2. The molecule has 0 radical (unpaired) electrons. The van der Waals surface area contributed by atoms with Crippen molar-refractivity contribution in [3.05, 3.63) is 51.8 Å². The van der Waals surface area contributed by atoms with Crippen LogP contribution in [0.3, 0.4) is 0 Å². The molecule has 5 nitrogen and oxygen atoms in total. The third kappa shape index (κ3) is 2.75. The number of amides is 3. The number of rotatable bonds is 2. The summed E-state index contributed by atoms with van der Waals surface area (Å²) in [4.78, 5) is 22.5. The summed E-state index contributed by atoms with van der Waals surface area (Å²) in [5, 5.41) is 4.55. The Kier molecular flexibility index (Phi) is 3.39. The Balaban J connectivity index is 1.92. The minimum absolute atomic E-state index is 0.170. The van der Waals surface area contributed by atoms with E-state index in [4.69, 9.17) is 4.42 Å². The maximum Gasteiger partial charge on any atom is 0.326 e. The van der Waals surface area contributed by atoms with Crippen LogP contribution in [0, 0.1) is 6.92 Å². The third-order valence-corrected chi connectivity index (χ3v) is 3.68. The maximum atomic E-state index is 11.4. The van der Waals surface area contributed by atoms with Crippen molar-refractivity contribution in [3.63, 3.8) is 0 Å². The van der Waals surface area contributed by atoms with E-state index in [2.05, 4.69) is 26.6 Å². The van der Waals surface area contributed by atoms with E-state index < -0.39 is 11.9 Å². The van der Waals surface area contributed by atoms with Crippen LogP contribution in [0.25, 0.3) is 17.4 Å². The number of halogens is 1. The molecule has 1 aromatic heterocycles. The highest BCUT2D eigenvalue weighted by atomic mass is 79.9. The molecule has 0 aliphatic carbocycles. The second-order valence-electron chi connectivity index (χ2n) is 4.65. The molecule has 0 spiro atoms. The number of hydrogen-bond acceptors (Lipinski definition) is 3. The van der Waals surface area contributed by atoms with Crippen LogP contribution in [0.15, 0.2) is 44.9 Å². The lowest BCUT2D eigenvalue weighted by molar-refractivity contribution is -0.115. The van der Waals surface area contributed by atoms with Gasteiger partial charge in [-0.25, -0.2) is 4.79 Å². The van der Waals surface area contributed by atoms with Crippen LogP contribution in [-0.4, -0.2) is 11.9 Å². The lowest BCUT2D eigenvalue weighted by Gasteiger charge is -2.02. The molecule has 106 valence electrons. The minimum atomic E-state index is -0.528. The number of nitrogens with one attached hydrogen (secondary N) is 2. The zero-order valence-electron chi connectivity index (χ0n) is 11.1. The Labute approximate surface area is 129 Å². The summed E-state index contributed by atoms with van der Waals surface area (Å²) >= 11 is 3.50. The number of urea groups is 1. The quantitative estimate of drug-likeness (QED) is 0.647. The van der Waals surface area contributed by atoms with Crippen molar-refractivity contribution in [2.45, 2.75) is 6.92 Å². The molecule has 0 atom stereocenters. The van der Waals surface area contributed by atoms with E-state index in [0.29, 0.717) is 11.5 Å². The Hall–Kier alpha value is -2.34. The first-order chi connectivity index (χ1) is 10.0. The number of carbonyl (C=O) groups is 2. The maximum absolute atomic E-state index is 11.4. The molecule has 2 aromatic rings. The molecule has 1 saturated heterocycles. The van der Waals surface area contributed by atoms with Gasteiger partial charge in [0.15, 0.2) is 0 Å². The lowest BCUT2D eigenvalue weighted by Crippen LogP contribution is -2.22. The molecular weight excluding hydrogens is 336 g/mol. The zero-order valence-corrected chi connectivity index (χ0v) is 12.7. The molecule has 3 amide bonds. The highest BCUT2D eigenvalue weighted by Gasteiger charge is 2.23. The van der Waals surface area contributed by atoms with Gasteiger partial charge in [-0.2, -0.15) is 0 Å². The van der Waals surface area contributed by atoms with E-state index in [1.807, 2.05) is 31.2 Å². The predicted molar refractivity (Wildman–Crippen MR) is 81.2 cm³/mol. The van der Waals surface area contributed by atoms with Gasteiger partial charge in [-0.3, -0.25) is 10.1 Å². The van der Waals surface area contributed by atoms with E-state index in [1.54, 1.807) is 6.07 Å². The largest absolute Gasteiger partial charge is 0.457 e. The highest BCUT2D eigenvalue weighted by molar-refractivity contribution is 9.10. The molecule has 1 aliphatic heterocycles. The van der Waals surface area contributed by atoms with Crippen LogP contribution in [0.1, 0.15) is 11.3 Å². The molecule has 1 aliphatic rings. The standard InChI is InChI=1S/C15H11BrN2O3/c1-8-2-4-10(11(16)6-8)13-5-3-9(21-13)7-12-14(19)18-15(20)17-12/h2-7H,1H3,(H2,17,18,19,20)/b12-7-. The summed E-state index contributed by atoms with van der Waals surface area (Å²) in [6.07, 6.45) is 1.49. The monoisotopic (exact) mass is 346 g/mol. The average molecular weight is 347 g/mol. The van der Waals surface area contributed by atoms with Gasteiger partial charge < -0.3 is 9.73 Å². The SMILES string of the molecule is Cc1ccc(-c2ccc(/C=C3\NC(=O)NC3=O)o2)c(Br)c1. The topological polar surface area (TPSA) is 71.3 Å². The van der Waals surface area contributed by atoms with Gasteiger partial charge in [0.05, 0.1) is 0 Å². The molecular formula is C15H11BrN2O3. The van der Waals surface area contributed by atoms with Crippen molar-refractivity contribution in [3.8, 4) is 11.3 Å². The van der Waals surface area contributed by atoms with E-state index in [0.717, 1.165) is 15.6 Å². The fourth-order valence-corrected chi connectivity index (χ4v) is 2.71. The van der Waals surface area contributed by atoms with Crippen molar-refractivity contribution in [2.75, 3.05) is 0 Å². The predicted octanol–water partition coefficient (Wildman–Crippen LogP) is 3.20. The van der Waals surface area contributed by atoms with Crippen LogP contribution in [-0.2, 0) is 4.79 Å². The Morgan fingerprint density at radius 2 is 1.95 bits per heavy atom. The van der Waals surface area contributed by atoms with Crippen molar-refractivity contribution < 1.29 is 14.0 Å². The fraction of sp³-hybridized carbons (Fsp3) is 0.0667. The number of carbonyl (C=O) groups excluding carboxylic acids is 2. The van der Waals surface area contributed by atoms with Crippen LogP contribution in [0.2, 0.25) is 0 Å². The van der Waals surface area contributed by atoms with Gasteiger partial charge in [0.2, 0.25) is 0 Å². The first-order valence-electron chi connectivity index (χ1n) is 6.23. The van der Waals surface area contributed by atoms with Gasteiger partial charge >= 0.3 is 6.03 Å². The van der Waals surface area contributed by atoms with Crippen molar-refractivity contribution in [1.82, 2.24) is 10.6 Å². The highest BCUT2D eigenvalue weighted by Crippen LogP contribution is 2.31. The van der Waals surface area contributed by atoms with E-state index in [9.17, 15) is 9.59 Å². The molecule has 1 fully saturated rings. The van der Waals surface area contributed by atoms with Gasteiger partial charge in [0, 0.05) is 16.1 Å². The fourth-order valence-electron chi connectivity index (χ4n) is 2.02. The Morgan fingerprint density at radius 3 is 2.62 bits per heavy atom. The molecule has 0 bridgehead atoms. The van der Waals surface area contributed by atoms with E-state index in [-0.39, 0.29) is 5.70 Å². The van der Waals surface area contributed by atoms with Gasteiger partial charge in [0.25, 0.3) is 5.91 Å². The zero-order chi connectivity index (χ0) is 15.0. The summed E-state index contributed by atoms with van der Waals surface area (Å²) in [5.41, 5.74) is 2.24.